The van der Waals surface area contributed by atoms with Gasteiger partial charge in [-0.25, -0.2) is 4.79 Å². The van der Waals surface area contributed by atoms with Crippen molar-refractivity contribution in [2.45, 2.75) is 5.66 Å². The van der Waals surface area contributed by atoms with E-state index in [0.29, 0.717) is 0 Å². The van der Waals surface area contributed by atoms with E-state index in [1.54, 1.807) is 0 Å². The molecule has 0 saturated heterocycles. The Kier molecular flexibility index (Phi) is 2.70. The molecule has 0 aliphatic rings. The highest BCUT2D eigenvalue weighted by atomic mass is 16.4. The average molecular weight is 160 g/mol. The second-order valence-corrected chi connectivity index (χ2v) is 1.79. The van der Waals surface area contributed by atoms with E-state index in [9.17, 15) is 4.79 Å². The number of likely N-dealkylation sites (N-methyl/N-ethyl adjacent to an activating group) is 1. The number of nitrogens with two attached hydrogens (primary N) is 1. The molecule has 0 aliphatic carbocycles. The lowest BCUT2D eigenvalue weighted by molar-refractivity contribution is -0.144. The number of nitrogens with one attached hydrogen (secondary N) is 1. The van der Waals surface area contributed by atoms with Crippen LogP contribution in [-0.2, 0) is 4.79 Å². The van der Waals surface area contributed by atoms with Crippen molar-refractivity contribution in [1.29, 1.82) is 0 Å². The highest BCUT2D eigenvalue weighted by Gasteiger charge is 2.46. The zero-order valence-corrected chi connectivity index (χ0v) is 5.77. The minimum atomic E-state index is -2.23. The molecule has 1 unspecified atom stereocenters. The third kappa shape index (κ3) is 1.53. The summed E-state index contributed by atoms with van der Waals surface area (Å²) in [5.41, 5.74) is 10.8. The molecule has 0 rings (SSSR count). The molecule has 11 heavy (non-hydrogen) atoms. The lowest BCUT2D eigenvalue weighted by atomic mass is 10.2. The maximum absolute atomic E-state index is 10.3. The van der Waals surface area contributed by atoms with E-state index in [0.717, 1.165) is 0 Å². The monoisotopic (exact) mass is 160 g/mol. The Morgan fingerprint density at radius 2 is 2.18 bits per heavy atom. The zero-order valence-electron chi connectivity index (χ0n) is 5.77. The van der Waals surface area contributed by atoms with Gasteiger partial charge in [-0.15, -0.1) is 4.79 Å². The molecule has 0 amide bonds. The van der Waals surface area contributed by atoms with Gasteiger partial charge in [0.1, 0.15) is 0 Å². The predicted molar refractivity (Wildman–Crippen MR) is 34.9 cm³/mol. The number of aliphatic hydroxyl groups is 1. The van der Waals surface area contributed by atoms with Crippen LogP contribution in [0.1, 0.15) is 0 Å². The second kappa shape index (κ2) is 3.11. The molecule has 0 radical (unpaired) electrons. The van der Waals surface area contributed by atoms with Crippen LogP contribution in [0.25, 0.3) is 5.53 Å². The van der Waals surface area contributed by atoms with Crippen molar-refractivity contribution in [1.82, 2.24) is 5.32 Å². The Morgan fingerprint density at radius 3 is 2.27 bits per heavy atom. The van der Waals surface area contributed by atoms with Gasteiger partial charge in [-0.05, 0) is 7.05 Å². The molecule has 1 atom stereocenters. The number of hydrogen-bond acceptors (Lipinski definition) is 3. The summed E-state index contributed by atoms with van der Waals surface area (Å²) < 4.78 is 0. The van der Waals surface area contributed by atoms with E-state index in [2.05, 4.69) is 10.1 Å². The topological polar surface area (TPSA) is 132 Å². The summed E-state index contributed by atoms with van der Waals surface area (Å²) in [5, 5.41) is 19.1. The molecule has 5 N–H and O–H groups in total. The van der Waals surface area contributed by atoms with Crippen molar-refractivity contribution >= 4 is 11.9 Å². The second-order valence-electron chi connectivity index (χ2n) is 1.79. The molecule has 0 saturated carbocycles. The summed E-state index contributed by atoms with van der Waals surface area (Å²) in [4.78, 5) is 12.6. The smallest absolute Gasteiger partial charge is 0.478 e. The quantitative estimate of drug-likeness (QED) is 0.126. The first kappa shape index (κ1) is 9.57. The number of carboxylic acid groups (broad SMARTS) is 1. The molecule has 0 bridgehead atoms. The molecule has 0 aliphatic heterocycles. The van der Waals surface area contributed by atoms with Crippen LogP contribution in [0.3, 0.4) is 0 Å². The third-order valence-corrected chi connectivity index (χ3v) is 1.18. The third-order valence-electron chi connectivity index (χ3n) is 1.18. The summed E-state index contributed by atoms with van der Waals surface area (Å²) in [6.45, 7) is 0. The fourth-order valence-corrected chi connectivity index (χ4v) is 0.393. The van der Waals surface area contributed by atoms with Gasteiger partial charge in [0, 0.05) is 0 Å². The number of nitrogens with zero attached hydrogens (tertiary/aromatic N) is 2. The Morgan fingerprint density at radius 1 is 1.73 bits per heavy atom. The minimum Gasteiger partial charge on any atom is -0.478 e. The molecular formula is C4H8N4O3. The number of aliphatic hydroxyl groups excluding tert-OH is 1. The fraction of sp³-hybridized carbons (Fsp3) is 0.500. The largest absolute Gasteiger partial charge is 0.494 e. The fourth-order valence-electron chi connectivity index (χ4n) is 0.393. The first-order valence-electron chi connectivity index (χ1n) is 2.61. The van der Waals surface area contributed by atoms with E-state index in [1.165, 1.54) is 7.05 Å². The molecule has 0 aromatic rings. The van der Waals surface area contributed by atoms with Crippen molar-refractivity contribution in [3.8, 4) is 0 Å². The number of hydrogen-bond donors (Lipinski definition) is 4. The highest BCUT2D eigenvalue weighted by Crippen LogP contribution is 1.93. The van der Waals surface area contributed by atoms with Crippen molar-refractivity contribution in [2.24, 2.45) is 5.73 Å². The SMILES string of the molecule is CNC(N)(C(=O)O)C(O)=[N+]=[N-]. The maximum Gasteiger partial charge on any atom is 0.494 e. The van der Waals surface area contributed by atoms with Gasteiger partial charge in [0.25, 0.3) is 0 Å². The molecule has 62 valence electrons. The average Bonchev–Trinajstić information content (AvgIpc) is 2.01. The van der Waals surface area contributed by atoms with Gasteiger partial charge in [-0.2, -0.15) is 0 Å². The van der Waals surface area contributed by atoms with Crippen LogP contribution >= 0.6 is 0 Å². The predicted octanol–water partition coefficient (Wildman–Crippen LogP) is -1.87. The molecule has 0 aromatic heterocycles. The van der Waals surface area contributed by atoms with Crippen LogP contribution in [0.5, 0.6) is 0 Å². The van der Waals surface area contributed by atoms with Gasteiger partial charge < -0.3 is 15.7 Å². The Labute approximate surface area is 62.1 Å². The normalized spacial score (nSPS) is 14.7. The van der Waals surface area contributed by atoms with E-state index in [-0.39, 0.29) is 0 Å². The number of carboxylic acids is 1. The summed E-state index contributed by atoms with van der Waals surface area (Å²) in [5.74, 6) is -2.65. The van der Waals surface area contributed by atoms with E-state index >= 15 is 0 Å². The number of carbonyl (C=O) groups is 1. The lowest BCUT2D eigenvalue weighted by Crippen LogP contribution is -2.64. The first-order chi connectivity index (χ1) is 4.99. The molecule has 0 spiro atoms. The highest BCUT2D eigenvalue weighted by molar-refractivity contribution is 6.02. The molecule has 7 nitrogen and oxygen atoms in total. The molecule has 0 aromatic carbocycles. The first-order valence-corrected chi connectivity index (χ1v) is 2.61. The summed E-state index contributed by atoms with van der Waals surface area (Å²) in [6, 6.07) is 0. The van der Waals surface area contributed by atoms with Crippen LogP contribution in [0.4, 0.5) is 0 Å². The van der Waals surface area contributed by atoms with Crippen LogP contribution in [0, 0.1) is 0 Å². The van der Waals surface area contributed by atoms with Crippen LogP contribution < -0.4 is 11.1 Å². The molecule has 0 fully saturated rings. The number of rotatable bonds is 3. The van der Waals surface area contributed by atoms with Crippen molar-refractivity contribution in [3.05, 3.63) is 5.53 Å². The van der Waals surface area contributed by atoms with E-state index < -0.39 is 17.5 Å². The van der Waals surface area contributed by atoms with Crippen molar-refractivity contribution in [3.63, 3.8) is 0 Å². The van der Waals surface area contributed by atoms with Gasteiger partial charge in [-0.3, -0.25) is 11.1 Å². The van der Waals surface area contributed by atoms with Crippen LogP contribution in [0.15, 0.2) is 0 Å². The van der Waals surface area contributed by atoms with Crippen LogP contribution in [0.2, 0.25) is 0 Å². The molecule has 7 heteroatoms. The Bertz CT molecular complexity index is 221. The Balaban J connectivity index is 4.90. The van der Waals surface area contributed by atoms with Crippen molar-refractivity contribution < 1.29 is 19.8 Å². The van der Waals surface area contributed by atoms with Gasteiger partial charge >= 0.3 is 17.5 Å². The van der Waals surface area contributed by atoms with Gasteiger partial charge in [0.05, 0.1) is 0 Å². The van der Waals surface area contributed by atoms with E-state index in [4.69, 9.17) is 21.5 Å². The van der Waals surface area contributed by atoms with Gasteiger partial charge in [0.15, 0.2) is 0 Å². The number of aliphatic carboxylic acids is 1. The summed E-state index contributed by atoms with van der Waals surface area (Å²) in [6.07, 6.45) is 0. The standard InChI is InChI=1S/C4H8N4O3/c1-7-4(5,3(10)11)2(9)8-6/h7,9H,5H2,1H3,(H,10,11). The lowest BCUT2D eigenvalue weighted by Gasteiger charge is -2.14. The zero-order chi connectivity index (χ0) is 9.07. The van der Waals surface area contributed by atoms with Gasteiger partial charge in [-0.1, -0.05) is 0 Å². The van der Waals surface area contributed by atoms with E-state index in [1.807, 2.05) is 0 Å². The van der Waals surface area contributed by atoms with Crippen LogP contribution in [-0.4, -0.2) is 39.6 Å². The Hall–Kier alpha value is -1.43. The van der Waals surface area contributed by atoms with Crippen molar-refractivity contribution in [2.75, 3.05) is 7.05 Å². The van der Waals surface area contributed by atoms with Gasteiger partial charge in [0.2, 0.25) is 0 Å². The summed E-state index contributed by atoms with van der Waals surface area (Å²) >= 11 is 0. The summed E-state index contributed by atoms with van der Waals surface area (Å²) in [7, 11) is 1.20. The molecular weight excluding hydrogens is 152 g/mol. The minimum absolute atomic E-state index is 1.10. The maximum atomic E-state index is 10.3. The molecule has 0 heterocycles.